The summed E-state index contributed by atoms with van der Waals surface area (Å²) >= 11 is 1.04. The van der Waals surface area contributed by atoms with E-state index >= 15 is 0 Å². The lowest BCUT2D eigenvalue weighted by Gasteiger charge is -1.98. The predicted octanol–water partition coefficient (Wildman–Crippen LogP) is 1.03. The first kappa shape index (κ1) is 13.7. The minimum Gasteiger partial charge on any atom is -0.619 e. The molecule has 6 nitrogen and oxygen atoms in total. The maximum atomic E-state index is 13.2. The molecule has 0 aliphatic heterocycles. The fourth-order valence-corrected chi connectivity index (χ4v) is 3.60. The average molecular weight is 303 g/mol. The lowest BCUT2D eigenvalue weighted by atomic mass is 10.3. The van der Waals surface area contributed by atoms with Crippen LogP contribution in [-0.2, 0) is 9.84 Å². The minimum atomic E-state index is -3.49. The van der Waals surface area contributed by atoms with Gasteiger partial charge in [-0.15, -0.1) is 0 Å². The van der Waals surface area contributed by atoms with Crippen molar-refractivity contribution in [2.75, 3.05) is 18.6 Å². The second-order valence-corrected chi connectivity index (χ2v) is 6.71. The van der Waals surface area contributed by atoms with Gasteiger partial charge in [0.2, 0.25) is 6.20 Å². The highest BCUT2D eigenvalue weighted by atomic mass is 32.2. The second-order valence-electron chi connectivity index (χ2n) is 3.78. The summed E-state index contributed by atoms with van der Waals surface area (Å²) in [4.78, 5) is 3.95. The fraction of sp³-hybridized carbons (Fsp3) is 0.200. The molecule has 1 N–H and O–H groups in total. The molecule has 0 aliphatic carbocycles. The van der Waals surface area contributed by atoms with Gasteiger partial charge in [-0.2, -0.15) is 4.73 Å². The van der Waals surface area contributed by atoms with Crippen LogP contribution in [0.4, 0.5) is 9.39 Å². The summed E-state index contributed by atoms with van der Waals surface area (Å²) < 4.78 is 36.6. The summed E-state index contributed by atoms with van der Waals surface area (Å²) in [6.45, 7) is 0. The van der Waals surface area contributed by atoms with Gasteiger partial charge in [0.15, 0.2) is 26.9 Å². The molecule has 0 amide bonds. The lowest BCUT2D eigenvalue weighted by Crippen LogP contribution is -2.25. The maximum absolute atomic E-state index is 13.2. The molecule has 0 saturated heterocycles. The number of nitrogens with zero attached hydrogens (tertiary/aromatic N) is 2. The minimum absolute atomic E-state index is 0.114. The third-order valence-electron chi connectivity index (χ3n) is 2.23. The van der Waals surface area contributed by atoms with E-state index in [4.69, 9.17) is 0 Å². The Balaban J connectivity index is 2.61. The molecule has 0 bridgehead atoms. The zero-order valence-electron chi connectivity index (χ0n) is 10.0. The molecule has 0 saturated carbocycles. The number of rotatable bonds is 3. The summed E-state index contributed by atoms with van der Waals surface area (Å²) in [7, 11) is -1.93. The summed E-state index contributed by atoms with van der Waals surface area (Å²) in [6, 6.07) is 1.12. The normalized spacial score (nSPS) is 11.5. The van der Waals surface area contributed by atoms with E-state index in [1.165, 1.54) is 0 Å². The molecule has 0 radical (unpaired) electrons. The van der Waals surface area contributed by atoms with Gasteiger partial charge in [-0.25, -0.2) is 17.8 Å². The van der Waals surface area contributed by atoms with Crippen molar-refractivity contribution in [2.24, 2.45) is 0 Å². The lowest BCUT2D eigenvalue weighted by molar-refractivity contribution is -0.606. The molecule has 0 spiro atoms. The van der Waals surface area contributed by atoms with Gasteiger partial charge in [0.1, 0.15) is 10.0 Å². The van der Waals surface area contributed by atoms with Gasteiger partial charge in [-0.3, -0.25) is 0 Å². The zero-order chi connectivity index (χ0) is 14.2. The molecule has 0 aromatic carbocycles. The number of hydrogen-bond donors (Lipinski definition) is 1. The Hall–Kier alpha value is -1.74. The van der Waals surface area contributed by atoms with E-state index in [-0.39, 0.29) is 15.6 Å². The largest absolute Gasteiger partial charge is 0.619 e. The Kier molecular flexibility index (Phi) is 3.42. The third kappa shape index (κ3) is 2.82. The van der Waals surface area contributed by atoms with E-state index in [0.717, 1.165) is 36.1 Å². The molecule has 0 fully saturated rings. The monoisotopic (exact) mass is 303 g/mol. The molecule has 0 atom stereocenters. The number of nitrogens with one attached hydrogen (secondary N) is 1. The van der Waals surface area contributed by atoms with Gasteiger partial charge in [-0.1, -0.05) is 11.3 Å². The number of pyridine rings is 1. The van der Waals surface area contributed by atoms with Crippen LogP contribution in [0.3, 0.4) is 0 Å². The molecular weight excluding hydrogens is 293 g/mol. The Morgan fingerprint density at radius 2 is 2.16 bits per heavy atom. The van der Waals surface area contributed by atoms with Crippen LogP contribution in [-0.4, -0.2) is 26.7 Å². The van der Waals surface area contributed by atoms with Crippen molar-refractivity contribution >= 4 is 26.2 Å². The standard InChI is InChI=1S/C10H10FN3O3S2/c1-12-9-10(19(2,16)17)13-8(18-9)6-3-7(11)5-14(15)4-6/h3-5,12H,1-2H3. The van der Waals surface area contributed by atoms with Crippen molar-refractivity contribution in [1.29, 1.82) is 0 Å². The first-order chi connectivity index (χ1) is 8.81. The SMILES string of the molecule is CNc1sc(-c2cc(F)c[n+]([O-])c2)nc1S(C)(=O)=O. The van der Waals surface area contributed by atoms with Crippen LogP contribution in [0.1, 0.15) is 0 Å². The number of halogens is 1. The zero-order valence-corrected chi connectivity index (χ0v) is 11.7. The summed E-state index contributed by atoms with van der Waals surface area (Å²) in [5.41, 5.74) is 0.228. The highest BCUT2D eigenvalue weighted by molar-refractivity contribution is 7.91. The Labute approximate surface area is 113 Å². The second kappa shape index (κ2) is 4.74. The number of anilines is 1. The van der Waals surface area contributed by atoms with Crippen molar-refractivity contribution in [2.45, 2.75) is 5.03 Å². The number of aromatic nitrogens is 2. The fourth-order valence-electron chi connectivity index (χ4n) is 1.47. The molecule has 0 unspecified atom stereocenters. The van der Waals surface area contributed by atoms with Crippen molar-refractivity contribution in [1.82, 2.24) is 4.98 Å². The van der Waals surface area contributed by atoms with Crippen molar-refractivity contribution in [3.8, 4) is 10.6 Å². The molecule has 19 heavy (non-hydrogen) atoms. The van der Waals surface area contributed by atoms with Crippen LogP contribution in [0.25, 0.3) is 10.6 Å². The average Bonchev–Trinajstić information content (AvgIpc) is 2.71. The number of thiazole rings is 1. The van der Waals surface area contributed by atoms with E-state index in [2.05, 4.69) is 10.3 Å². The molecule has 2 heterocycles. The molecule has 102 valence electrons. The van der Waals surface area contributed by atoms with E-state index in [1.807, 2.05) is 0 Å². The molecule has 0 aliphatic rings. The Bertz CT molecular complexity index is 707. The van der Waals surface area contributed by atoms with Gasteiger partial charge in [0.25, 0.3) is 0 Å². The van der Waals surface area contributed by atoms with Crippen LogP contribution < -0.4 is 10.0 Å². The maximum Gasteiger partial charge on any atom is 0.216 e. The van der Waals surface area contributed by atoms with Crippen molar-refractivity contribution < 1.29 is 17.5 Å². The van der Waals surface area contributed by atoms with Gasteiger partial charge < -0.3 is 10.5 Å². The highest BCUT2D eigenvalue weighted by Gasteiger charge is 2.21. The molecule has 2 aromatic heterocycles. The van der Waals surface area contributed by atoms with E-state index in [0.29, 0.717) is 9.73 Å². The van der Waals surface area contributed by atoms with E-state index in [1.54, 1.807) is 7.05 Å². The Morgan fingerprint density at radius 1 is 1.47 bits per heavy atom. The quantitative estimate of drug-likeness (QED) is 0.676. The molecule has 2 rings (SSSR count). The summed E-state index contributed by atoms with van der Waals surface area (Å²) in [5.74, 6) is -0.713. The molecule has 9 heteroatoms. The van der Waals surface area contributed by atoms with Crippen LogP contribution in [0.2, 0.25) is 0 Å². The van der Waals surface area contributed by atoms with Gasteiger partial charge >= 0.3 is 0 Å². The van der Waals surface area contributed by atoms with Gasteiger partial charge in [0, 0.05) is 13.3 Å². The van der Waals surface area contributed by atoms with E-state index < -0.39 is 15.7 Å². The van der Waals surface area contributed by atoms with E-state index in [9.17, 15) is 18.0 Å². The van der Waals surface area contributed by atoms with Crippen molar-refractivity contribution in [3.05, 3.63) is 29.5 Å². The Morgan fingerprint density at radius 3 is 2.63 bits per heavy atom. The van der Waals surface area contributed by atoms with Crippen LogP contribution in [0.15, 0.2) is 23.5 Å². The topological polar surface area (TPSA) is 86.0 Å². The summed E-state index contributed by atoms with van der Waals surface area (Å²) in [6.07, 6.45) is 2.94. The van der Waals surface area contributed by atoms with Crippen molar-refractivity contribution in [3.63, 3.8) is 0 Å². The van der Waals surface area contributed by atoms with Crippen LogP contribution >= 0.6 is 11.3 Å². The highest BCUT2D eigenvalue weighted by Crippen LogP contribution is 2.33. The number of hydrogen-bond acceptors (Lipinski definition) is 6. The van der Waals surface area contributed by atoms with Gasteiger partial charge in [0.05, 0.1) is 5.56 Å². The smallest absolute Gasteiger partial charge is 0.216 e. The summed E-state index contributed by atoms with van der Waals surface area (Å²) in [5, 5.41) is 14.4. The first-order valence-electron chi connectivity index (χ1n) is 5.09. The molecular formula is C10H10FN3O3S2. The van der Waals surface area contributed by atoms with Crippen LogP contribution in [0.5, 0.6) is 0 Å². The first-order valence-corrected chi connectivity index (χ1v) is 7.80. The van der Waals surface area contributed by atoms with Gasteiger partial charge in [-0.05, 0) is 6.07 Å². The van der Waals surface area contributed by atoms with Crippen LogP contribution in [0, 0.1) is 11.0 Å². The number of sulfone groups is 1. The third-order valence-corrected chi connectivity index (χ3v) is 4.48. The molecule has 2 aromatic rings. The predicted molar refractivity (Wildman–Crippen MR) is 69.1 cm³/mol.